The van der Waals surface area contributed by atoms with Crippen molar-refractivity contribution in [2.24, 2.45) is 11.8 Å². The van der Waals surface area contributed by atoms with Crippen LogP contribution in [0.1, 0.15) is 60.3 Å². The molecule has 0 aliphatic rings. The average Bonchev–Trinajstić information content (AvgIpc) is 2.32. The third-order valence-corrected chi connectivity index (χ3v) is 3.85. The Morgan fingerprint density at radius 2 is 1.76 bits per heavy atom. The normalized spacial score (nSPS) is 13.8. The minimum Gasteiger partial charge on any atom is -0.388 e. The van der Waals surface area contributed by atoms with E-state index in [1.165, 1.54) is 0 Å². The molecule has 102 valence electrons. The van der Waals surface area contributed by atoms with Crippen molar-refractivity contribution >= 4 is 5.91 Å². The van der Waals surface area contributed by atoms with Gasteiger partial charge in [-0.2, -0.15) is 0 Å². The molecule has 3 heteroatoms. The molecule has 0 aliphatic heterocycles. The first-order valence-electron chi connectivity index (χ1n) is 6.87. The van der Waals surface area contributed by atoms with E-state index in [4.69, 9.17) is 0 Å². The summed E-state index contributed by atoms with van der Waals surface area (Å²) in [6.07, 6.45) is 2.94. The number of aliphatic hydroxyl groups is 1. The van der Waals surface area contributed by atoms with Crippen molar-refractivity contribution in [1.29, 1.82) is 0 Å². The van der Waals surface area contributed by atoms with Gasteiger partial charge in [0.05, 0.1) is 5.60 Å². The zero-order chi connectivity index (χ0) is 13.5. The summed E-state index contributed by atoms with van der Waals surface area (Å²) in [5.74, 6) is 1.03. The molecule has 3 nitrogen and oxygen atoms in total. The van der Waals surface area contributed by atoms with Crippen molar-refractivity contribution < 1.29 is 9.90 Å². The zero-order valence-electron chi connectivity index (χ0n) is 12.0. The molecule has 0 saturated carbocycles. The van der Waals surface area contributed by atoms with Crippen LogP contribution in [0.3, 0.4) is 0 Å². The molecule has 1 unspecified atom stereocenters. The first kappa shape index (κ1) is 16.4. The van der Waals surface area contributed by atoms with E-state index in [9.17, 15) is 9.90 Å². The fourth-order valence-corrected chi connectivity index (χ4v) is 1.92. The third-order valence-electron chi connectivity index (χ3n) is 3.85. The molecule has 0 aromatic heterocycles. The summed E-state index contributed by atoms with van der Waals surface area (Å²) < 4.78 is 0. The molecule has 1 atom stereocenters. The summed E-state index contributed by atoms with van der Waals surface area (Å²) in [5, 5.41) is 12.9. The molecule has 1 amide bonds. The summed E-state index contributed by atoms with van der Waals surface area (Å²) in [7, 11) is 0. The van der Waals surface area contributed by atoms with E-state index >= 15 is 0 Å². The maximum absolute atomic E-state index is 11.8. The molecule has 0 radical (unpaired) electrons. The molecule has 0 spiro atoms. The van der Waals surface area contributed by atoms with Crippen LogP contribution < -0.4 is 5.32 Å². The largest absolute Gasteiger partial charge is 0.388 e. The molecule has 0 fully saturated rings. The van der Waals surface area contributed by atoms with Crippen molar-refractivity contribution in [3.05, 3.63) is 0 Å². The minimum atomic E-state index is -0.741. The highest BCUT2D eigenvalue weighted by Gasteiger charge is 2.23. The molecule has 0 saturated heterocycles. The van der Waals surface area contributed by atoms with E-state index in [0.717, 1.165) is 6.42 Å². The fourth-order valence-electron chi connectivity index (χ4n) is 1.92. The number of carbonyl (C=O) groups is 1. The lowest BCUT2D eigenvalue weighted by Crippen LogP contribution is -2.42. The van der Waals surface area contributed by atoms with E-state index < -0.39 is 5.60 Å². The van der Waals surface area contributed by atoms with Gasteiger partial charge >= 0.3 is 0 Å². The van der Waals surface area contributed by atoms with Crippen LogP contribution >= 0.6 is 0 Å². The first-order chi connectivity index (χ1) is 7.88. The van der Waals surface area contributed by atoms with Gasteiger partial charge in [-0.15, -0.1) is 0 Å². The highest BCUT2D eigenvalue weighted by molar-refractivity contribution is 5.76. The Bertz CT molecular complexity index is 222. The molecule has 0 aromatic carbocycles. The molecule has 0 rings (SSSR count). The quantitative estimate of drug-likeness (QED) is 0.688. The molecule has 0 aromatic rings. The van der Waals surface area contributed by atoms with Gasteiger partial charge in [0.25, 0.3) is 0 Å². The van der Waals surface area contributed by atoms with E-state index in [0.29, 0.717) is 37.6 Å². The second kappa shape index (κ2) is 7.70. The SMILES string of the molecule is CCC(CC(=O)NCC(O)(CC)CC)C(C)C. The van der Waals surface area contributed by atoms with Crippen LogP contribution in [0.25, 0.3) is 0 Å². The lowest BCUT2D eigenvalue weighted by Gasteiger charge is -2.26. The van der Waals surface area contributed by atoms with Gasteiger partial charge in [-0.05, 0) is 24.7 Å². The van der Waals surface area contributed by atoms with Crippen molar-refractivity contribution in [1.82, 2.24) is 5.32 Å². The van der Waals surface area contributed by atoms with Gasteiger partial charge in [0, 0.05) is 13.0 Å². The minimum absolute atomic E-state index is 0.0610. The number of nitrogens with one attached hydrogen (secondary N) is 1. The second-order valence-electron chi connectivity index (χ2n) is 5.32. The van der Waals surface area contributed by atoms with Crippen molar-refractivity contribution in [2.45, 2.75) is 65.9 Å². The van der Waals surface area contributed by atoms with Crippen LogP contribution in [0.4, 0.5) is 0 Å². The monoisotopic (exact) mass is 243 g/mol. The van der Waals surface area contributed by atoms with Crippen LogP contribution in [0.5, 0.6) is 0 Å². The summed E-state index contributed by atoms with van der Waals surface area (Å²) >= 11 is 0. The summed E-state index contributed by atoms with van der Waals surface area (Å²) in [6.45, 7) is 10.7. The number of rotatable bonds is 8. The smallest absolute Gasteiger partial charge is 0.220 e. The number of carbonyl (C=O) groups excluding carboxylic acids is 1. The van der Waals surface area contributed by atoms with Crippen LogP contribution in [0.15, 0.2) is 0 Å². The first-order valence-corrected chi connectivity index (χ1v) is 6.87. The predicted molar refractivity (Wildman–Crippen MR) is 71.8 cm³/mol. The summed E-state index contributed by atoms with van der Waals surface area (Å²) in [6, 6.07) is 0. The number of amides is 1. The van der Waals surface area contributed by atoms with E-state index in [1.807, 2.05) is 13.8 Å². The molecular weight excluding hydrogens is 214 g/mol. The fraction of sp³-hybridized carbons (Fsp3) is 0.929. The Kier molecular flexibility index (Phi) is 7.44. The van der Waals surface area contributed by atoms with Crippen molar-refractivity contribution in [3.8, 4) is 0 Å². The highest BCUT2D eigenvalue weighted by atomic mass is 16.3. The van der Waals surface area contributed by atoms with Crippen molar-refractivity contribution in [2.75, 3.05) is 6.54 Å². The summed E-state index contributed by atoms with van der Waals surface area (Å²) in [5.41, 5.74) is -0.741. The summed E-state index contributed by atoms with van der Waals surface area (Å²) in [4.78, 5) is 11.8. The molecular formula is C14H29NO2. The van der Waals surface area contributed by atoms with Crippen LogP contribution in [0, 0.1) is 11.8 Å². The molecule has 0 heterocycles. The van der Waals surface area contributed by atoms with Crippen molar-refractivity contribution in [3.63, 3.8) is 0 Å². The van der Waals surface area contributed by atoms with Crippen LogP contribution in [-0.4, -0.2) is 23.2 Å². The molecule has 2 N–H and O–H groups in total. The van der Waals surface area contributed by atoms with Gasteiger partial charge in [0.2, 0.25) is 5.91 Å². The Morgan fingerprint density at radius 1 is 1.24 bits per heavy atom. The lowest BCUT2D eigenvalue weighted by molar-refractivity contribution is -0.123. The van der Waals surface area contributed by atoms with Gasteiger partial charge in [0.1, 0.15) is 0 Å². The second-order valence-corrected chi connectivity index (χ2v) is 5.32. The maximum atomic E-state index is 11.8. The van der Waals surface area contributed by atoms with E-state index in [-0.39, 0.29) is 5.91 Å². The highest BCUT2D eigenvalue weighted by Crippen LogP contribution is 2.19. The van der Waals surface area contributed by atoms with Gasteiger partial charge in [-0.25, -0.2) is 0 Å². The Labute approximate surface area is 106 Å². The van der Waals surface area contributed by atoms with E-state index in [2.05, 4.69) is 26.1 Å². The topological polar surface area (TPSA) is 49.3 Å². The Hall–Kier alpha value is -0.570. The average molecular weight is 243 g/mol. The standard InChI is InChI=1S/C14H29NO2/c1-6-12(11(4)5)9-13(16)15-10-14(17,7-2)8-3/h11-12,17H,6-10H2,1-5H3,(H,15,16). The molecule has 0 aliphatic carbocycles. The molecule has 0 bridgehead atoms. The van der Waals surface area contributed by atoms with Gasteiger partial charge in [-0.1, -0.05) is 41.0 Å². The van der Waals surface area contributed by atoms with E-state index in [1.54, 1.807) is 0 Å². The third kappa shape index (κ3) is 6.06. The van der Waals surface area contributed by atoms with Gasteiger partial charge < -0.3 is 10.4 Å². The maximum Gasteiger partial charge on any atom is 0.220 e. The lowest BCUT2D eigenvalue weighted by atomic mass is 9.89. The Balaban J connectivity index is 4.10. The van der Waals surface area contributed by atoms with Crippen LogP contribution in [0.2, 0.25) is 0 Å². The predicted octanol–water partition coefficient (Wildman–Crippen LogP) is 2.73. The number of hydrogen-bond acceptors (Lipinski definition) is 2. The number of hydrogen-bond donors (Lipinski definition) is 2. The van der Waals surface area contributed by atoms with Gasteiger partial charge in [-0.3, -0.25) is 4.79 Å². The molecule has 17 heavy (non-hydrogen) atoms. The van der Waals surface area contributed by atoms with Crippen LogP contribution in [-0.2, 0) is 4.79 Å². The Morgan fingerprint density at radius 3 is 2.12 bits per heavy atom. The van der Waals surface area contributed by atoms with Gasteiger partial charge in [0.15, 0.2) is 0 Å². The zero-order valence-corrected chi connectivity index (χ0v) is 12.0.